The molecule has 1 aromatic carbocycles. The quantitative estimate of drug-likeness (QED) is 0.881. The lowest BCUT2D eigenvalue weighted by Gasteiger charge is -2.35. The summed E-state index contributed by atoms with van der Waals surface area (Å²) in [6.07, 6.45) is 0.828. The zero-order valence-corrected chi connectivity index (χ0v) is 14.1. The maximum absolute atomic E-state index is 12.8. The van der Waals surface area contributed by atoms with E-state index >= 15 is 0 Å². The van der Waals surface area contributed by atoms with Crippen molar-refractivity contribution in [3.63, 3.8) is 0 Å². The molecule has 124 valence electrons. The van der Waals surface area contributed by atoms with Crippen molar-refractivity contribution in [1.82, 2.24) is 4.31 Å². The zero-order valence-electron chi connectivity index (χ0n) is 13.3. The molecule has 0 radical (unpaired) electrons. The van der Waals surface area contributed by atoms with E-state index in [1.54, 1.807) is 12.1 Å². The summed E-state index contributed by atoms with van der Waals surface area (Å²) in [7, 11) is -0.539. The number of hydrogen-bond donors (Lipinski definition) is 1. The molecular formula is C15H24N2O4S. The number of sulfonamides is 1. The lowest BCUT2D eigenvalue weighted by atomic mass is 9.88. The van der Waals surface area contributed by atoms with Crippen LogP contribution in [0.15, 0.2) is 23.1 Å². The lowest BCUT2D eigenvalue weighted by molar-refractivity contribution is 0.203. The largest absolute Gasteiger partial charge is 0.493 e. The van der Waals surface area contributed by atoms with Crippen LogP contribution >= 0.6 is 0 Å². The normalized spacial score (nSPS) is 23.3. The molecule has 7 heteroatoms. The Morgan fingerprint density at radius 3 is 2.55 bits per heavy atom. The maximum Gasteiger partial charge on any atom is 0.243 e. The van der Waals surface area contributed by atoms with Gasteiger partial charge in [-0.2, -0.15) is 4.31 Å². The first kappa shape index (κ1) is 17.1. The molecule has 1 saturated heterocycles. The fourth-order valence-electron chi connectivity index (χ4n) is 2.77. The van der Waals surface area contributed by atoms with Crippen LogP contribution in [-0.2, 0) is 10.0 Å². The van der Waals surface area contributed by atoms with E-state index in [1.807, 2.05) is 0 Å². The van der Waals surface area contributed by atoms with Gasteiger partial charge in [0.05, 0.1) is 19.1 Å². The fraction of sp³-hybridized carbons (Fsp3) is 0.600. The van der Waals surface area contributed by atoms with E-state index in [4.69, 9.17) is 15.2 Å². The molecular weight excluding hydrogens is 304 g/mol. The molecule has 2 atom stereocenters. The second-order valence-corrected chi connectivity index (χ2v) is 7.58. The molecule has 0 saturated carbocycles. The van der Waals surface area contributed by atoms with Crippen LogP contribution in [0.5, 0.6) is 11.5 Å². The van der Waals surface area contributed by atoms with Gasteiger partial charge in [0.15, 0.2) is 11.5 Å². The van der Waals surface area contributed by atoms with Gasteiger partial charge in [0.2, 0.25) is 10.0 Å². The molecule has 1 aliphatic rings. The molecule has 2 N–H and O–H groups in total. The molecule has 0 spiro atoms. The van der Waals surface area contributed by atoms with Gasteiger partial charge in [-0.15, -0.1) is 0 Å². The minimum atomic E-state index is -3.54. The summed E-state index contributed by atoms with van der Waals surface area (Å²) in [5, 5.41) is 0. The van der Waals surface area contributed by atoms with Gasteiger partial charge in [0.1, 0.15) is 0 Å². The van der Waals surface area contributed by atoms with Crippen LogP contribution in [0.1, 0.15) is 13.3 Å². The van der Waals surface area contributed by atoms with Gasteiger partial charge in [-0.05, 0) is 36.9 Å². The van der Waals surface area contributed by atoms with E-state index in [-0.39, 0.29) is 10.8 Å². The van der Waals surface area contributed by atoms with Crippen molar-refractivity contribution in [2.24, 2.45) is 17.6 Å². The van der Waals surface area contributed by atoms with Crippen LogP contribution in [0.4, 0.5) is 0 Å². The summed E-state index contributed by atoms with van der Waals surface area (Å²) in [4.78, 5) is 0.218. The first-order chi connectivity index (χ1) is 10.4. The average Bonchev–Trinajstić information content (AvgIpc) is 2.54. The molecule has 22 heavy (non-hydrogen) atoms. The van der Waals surface area contributed by atoms with E-state index in [1.165, 1.54) is 24.6 Å². The van der Waals surface area contributed by atoms with Gasteiger partial charge in [0.25, 0.3) is 0 Å². The van der Waals surface area contributed by atoms with Gasteiger partial charge in [-0.25, -0.2) is 8.42 Å². The molecule has 2 rings (SSSR count). The van der Waals surface area contributed by atoms with Gasteiger partial charge >= 0.3 is 0 Å². The monoisotopic (exact) mass is 328 g/mol. The number of ether oxygens (including phenoxy) is 2. The Bertz CT molecular complexity index is 618. The van der Waals surface area contributed by atoms with Crippen LogP contribution in [0, 0.1) is 11.8 Å². The Hall–Kier alpha value is -1.31. The Morgan fingerprint density at radius 1 is 1.27 bits per heavy atom. The van der Waals surface area contributed by atoms with Gasteiger partial charge in [-0.3, -0.25) is 0 Å². The van der Waals surface area contributed by atoms with Crippen molar-refractivity contribution in [3.8, 4) is 11.5 Å². The fourth-order valence-corrected chi connectivity index (χ4v) is 4.29. The highest BCUT2D eigenvalue weighted by atomic mass is 32.2. The Kier molecular flexibility index (Phi) is 5.31. The van der Waals surface area contributed by atoms with E-state index < -0.39 is 10.0 Å². The van der Waals surface area contributed by atoms with Crippen LogP contribution in [-0.4, -0.2) is 46.6 Å². The second-order valence-electron chi connectivity index (χ2n) is 5.64. The zero-order chi connectivity index (χ0) is 16.3. The lowest BCUT2D eigenvalue weighted by Crippen LogP contribution is -2.45. The molecule has 0 aromatic heterocycles. The van der Waals surface area contributed by atoms with Crippen LogP contribution in [0.2, 0.25) is 0 Å². The number of benzene rings is 1. The summed E-state index contributed by atoms with van der Waals surface area (Å²) < 4.78 is 37.5. The van der Waals surface area contributed by atoms with E-state index in [9.17, 15) is 8.42 Å². The molecule has 1 fully saturated rings. The summed E-state index contributed by atoms with van der Waals surface area (Å²) in [5.41, 5.74) is 5.76. The maximum atomic E-state index is 12.8. The Morgan fingerprint density at radius 2 is 1.95 bits per heavy atom. The summed E-state index contributed by atoms with van der Waals surface area (Å²) >= 11 is 0. The molecule has 1 aliphatic heterocycles. The van der Waals surface area contributed by atoms with E-state index in [0.29, 0.717) is 37.1 Å². The second kappa shape index (κ2) is 6.85. The highest BCUT2D eigenvalue weighted by Gasteiger charge is 2.33. The average molecular weight is 328 g/mol. The predicted molar refractivity (Wildman–Crippen MR) is 84.6 cm³/mol. The number of methoxy groups -OCH3 is 2. The number of nitrogens with two attached hydrogens (primary N) is 1. The van der Waals surface area contributed by atoms with Crippen molar-refractivity contribution in [1.29, 1.82) is 0 Å². The topological polar surface area (TPSA) is 81.9 Å². The number of hydrogen-bond acceptors (Lipinski definition) is 5. The Balaban J connectivity index is 2.30. The first-order valence-corrected chi connectivity index (χ1v) is 8.80. The standard InChI is InChI=1S/C15H24N2O4S/c1-11-6-7-17(10-12(11)9-16)22(18,19)13-4-5-14(20-2)15(8-13)21-3/h4-5,8,11-12H,6-7,9-10,16H2,1-3H3. The van der Waals surface area contributed by atoms with Gasteiger partial charge < -0.3 is 15.2 Å². The number of piperidine rings is 1. The van der Waals surface area contributed by atoms with E-state index in [2.05, 4.69) is 6.92 Å². The Labute approximate surface area is 132 Å². The summed E-state index contributed by atoms with van der Waals surface area (Å²) in [6, 6.07) is 4.66. The molecule has 1 heterocycles. The molecule has 0 bridgehead atoms. The van der Waals surface area contributed by atoms with Gasteiger partial charge in [-0.1, -0.05) is 6.92 Å². The molecule has 6 nitrogen and oxygen atoms in total. The smallest absolute Gasteiger partial charge is 0.243 e. The minimum absolute atomic E-state index is 0.198. The number of nitrogens with zero attached hydrogens (tertiary/aromatic N) is 1. The van der Waals surface area contributed by atoms with Crippen LogP contribution in [0.3, 0.4) is 0 Å². The third kappa shape index (κ3) is 3.21. The third-order valence-electron chi connectivity index (χ3n) is 4.37. The summed E-state index contributed by atoms with van der Waals surface area (Å²) in [6.45, 7) is 3.61. The number of rotatable bonds is 5. The molecule has 0 amide bonds. The molecule has 1 aromatic rings. The summed E-state index contributed by atoms with van der Waals surface area (Å²) in [5.74, 6) is 1.56. The van der Waals surface area contributed by atoms with Crippen LogP contribution < -0.4 is 15.2 Å². The third-order valence-corrected chi connectivity index (χ3v) is 6.23. The molecule has 2 unspecified atom stereocenters. The SMILES string of the molecule is COc1ccc(S(=O)(=O)N2CCC(C)C(CN)C2)cc1OC. The minimum Gasteiger partial charge on any atom is -0.493 e. The van der Waals surface area contributed by atoms with Crippen LogP contribution in [0.25, 0.3) is 0 Å². The first-order valence-electron chi connectivity index (χ1n) is 7.36. The molecule has 0 aliphatic carbocycles. The van der Waals surface area contributed by atoms with Crippen molar-refractivity contribution in [2.45, 2.75) is 18.2 Å². The van der Waals surface area contributed by atoms with Crippen molar-refractivity contribution in [3.05, 3.63) is 18.2 Å². The predicted octanol–water partition coefficient (Wildman–Crippen LogP) is 1.31. The van der Waals surface area contributed by atoms with Crippen molar-refractivity contribution < 1.29 is 17.9 Å². The van der Waals surface area contributed by atoms with Crippen molar-refractivity contribution in [2.75, 3.05) is 33.9 Å². The van der Waals surface area contributed by atoms with E-state index in [0.717, 1.165) is 6.42 Å². The van der Waals surface area contributed by atoms with Crippen molar-refractivity contribution >= 4 is 10.0 Å². The highest BCUT2D eigenvalue weighted by molar-refractivity contribution is 7.89. The van der Waals surface area contributed by atoms with Gasteiger partial charge in [0, 0.05) is 19.2 Å². The highest BCUT2D eigenvalue weighted by Crippen LogP contribution is 2.32.